The highest BCUT2D eigenvalue weighted by Crippen LogP contribution is 2.26. The molecule has 1 atom stereocenters. The number of aryl methyl sites for hydroxylation is 3. The van der Waals surface area contributed by atoms with Crippen LogP contribution in [0.1, 0.15) is 23.6 Å². The number of ether oxygens (including phenoxy) is 1. The van der Waals surface area contributed by atoms with Gasteiger partial charge in [-0.15, -0.1) is 0 Å². The monoisotopic (exact) mass is 404 g/mol. The van der Waals surface area contributed by atoms with Gasteiger partial charge in [-0.3, -0.25) is 9.10 Å². The Kier molecular flexibility index (Phi) is 7.07. The molecule has 152 valence electrons. The van der Waals surface area contributed by atoms with E-state index in [0.29, 0.717) is 12.3 Å². The predicted octanol–water partition coefficient (Wildman–Crippen LogP) is 2.96. The summed E-state index contributed by atoms with van der Waals surface area (Å²) in [7, 11) is -3.61. The lowest BCUT2D eigenvalue weighted by molar-refractivity contribution is -0.120. The lowest BCUT2D eigenvalue weighted by Crippen LogP contribution is -2.45. The maximum atomic E-state index is 12.5. The third kappa shape index (κ3) is 5.73. The number of nitrogens with zero attached hydrogens (tertiary/aromatic N) is 1. The number of para-hydroxylation sites is 2. The molecule has 6 nitrogen and oxygen atoms in total. The summed E-state index contributed by atoms with van der Waals surface area (Å²) in [4.78, 5) is 12.5. The van der Waals surface area contributed by atoms with Crippen molar-refractivity contribution in [1.29, 1.82) is 0 Å². The average Bonchev–Trinajstić information content (AvgIpc) is 2.59. The highest BCUT2D eigenvalue weighted by Gasteiger charge is 2.24. The summed E-state index contributed by atoms with van der Waals surface area (Å²) in [5.74, 6) is 0.380. The van der Waals surface area contributed by atoms with Gasteiger partial charge >= 0.3 is 0 Å². The Morgan fingerprint density at radius 1 is 1.04 bits per heavy atom. The Hall–Kier alpha value is -2.54. The summed E-state index contributed by atoms with van der Waals surface area (Å²) in [6.45, 7) is 7.44. The molecule has 0 spiro atoms. The normalized spacial score (nSPS) is 12.3. The van der Waals surface area contributed by atoms with E-state index in [4.69, 9.17) is 4.74 Å². The number of nitrogens with one attached hydrogen (secondary N) is 1. The van der Waals surface area contributed by atoms with Crippen LogP contribution < -0.4 is 14.4 Å². The molecule has 0 bridgehead atoms. The van der Waals surface area contributed by atoms with Crippen molar-refractivity contribution in [2.24, 2.45) is 0 Å². The van der Waals surface area contributed by atoms with Crippen LogP contribution in [0.3, 0.4) is 0 Å². The third-order valence-corrected chi connectivity index (χ3v) is 5.48. The Morgan fingerprint density at radius 3 is 2.18 bits per heavy atom. The van der Waals surface area contributed by atoms with Gasteiger partial charge in [0.2, 0.25) is 15.9 Å². The Balaban J connectivity index is 2.05. The van der Waals surface area contributed by atoms with Gasteiger partial charge in [0.1, 0.15) is 18.9 Å². The quantitative estimate of drug-likeness (QED) is 0.734. The minimum Gasteiger partial charge on any atom is -0.491 e. The zero-order chi connectivity index (χ0) is 20.9. The molecule has 28 heavy (non-hydrogen) atoms. The minimum atomic E-state index is -3.61. The van der Waals surface area contributed by atoms with Crippen LogP contribution in [0, 0.1) is 20.8 Å². The maximum absolute atomic E-state index is 12.5. The number of hydrogen-bond donors (Lipinski definition) is 1. The number of rotatable bonds is 8. The van der Waals surface area contributed by atoms with Gasteiger partial charge in [-0.2, -0.15) is 0 Å². The van der Waals surface area contributed by atoms with E-state index in [1.165, 1.54) is 0 Å². The van der Waals surface area contributed by atoms with Crippen molar-refractivity contribution in [3.63, 3.8) is 0 Å². The average molecular weight is 405 g/mol. The molecule has 0 aliphatic carbocycles. The molecule has 0 radical (unpaired) electrons. The summed E-state index contributed by atoms with van der Waals surface area (Å²) < 4.78 is 31.6. The van der Waals surface area contributed by atoms with Crippen LogP contribution in [0.4, 0.5) is 5.69 Å². The smallest absolute Gasteiger partial charge is 0.241 e. The lowest BCUT2D eigenvalue weighted by atomic mass is 10.1. The molecule has 1 N–H and O–H groups in total. The molecule has 7 heteroatoms. The van der Waals surface area contributed by atoms with Crippen molar-refractivity contribution < 1.29 is 17.9 Å². The second kappa shape index (κ2) is 9.10. The summed E-state index contributed by atoms with van der Waals surface area (Å²) in [5, 5.41) is 2.81. The maximum Gasteiger partial charge on any atom is 0.241 e. The Labute approximate surface area is 167 Å². The van der Waals surface area contributed by atoms with Crippen molar-refractivity contribution in [2.75, 3.05) is 23.7 Å². The Bertz CT molecular complexity index is 921. The van der Waals surface area contributed by atoms with Crippen molar-refractivity contribution >= 4 is 21.6 Å². The highest BCUT2D eigenvalue weighted by molar-refractivity contribution is 7.92. The van der Waals surface area contributed by atoms with E-state index in [-0.39, 0.29) is 18.5 Å². The summed E-state index contributed by atoms with van der Waals surface area (Å²) in [6.07, 6.45) is 1.11. The topological polar surface area (TPSA) is 75.7 Å². The number of carbonyl (C=O) groups is 1. The van der Waals surface area contributed by atoms with Crippen molar-refractivity contribution in [3.05, 3.63) is 59.2 Å². The number of amides is 1. The standard InChI is InChI=1S/C21H28N2O4S/c1-15-9-6-7-12-19(15)27-14-18(4)22-20(24)13-23(28(5,25)26)21-16(2)10-8-11-17(21)3/h6-12,18H,13-14H2,1-5H3,(H,22,24)/t18-/m1/s1. The molecule has 2 aromatic carbocycles. The van der Waals surface area contributed by atoms with Crippen LogP contribution in [0.15, 0.2) is 42.5 Å². The van der Waals surface area contributed by atoms with Crippen molar-refractivity contribution in [3.8, 4) is 5.75 Å². The first kappa shape index (κ1) is 21.8. The van der Waals surface area contributed by atoms with Gasteiger partial charge in [-0.1, -0.05) is 36.4 Å². The van der Waals surface area contributed by atoms with E-state index in [1.807, 2.05) is 70.2 Å². The Morgan fingerprint density at radius 2 is 1.61 bits per heavy atom. The van der Waals surface area contributed by atoms with Gasteiger partial charge in [0.05, 0.1) is 18.0 Å². The van der Waals surface area contributed by atoms with Crippen LogP contribution in [0.2, 0.25) is 0 Å². The minimum absolute atomic E-state index is 0.272. The molecule has 0 saturated carbocycles. The van der Waals surface area contributed by atoms with Gasteiger partial charge in [0, 0.05) is 0 Å². The van der Waals surface area contributed by atoms with E-state index in [1.54, 1.807) is 0 Å². The SMILES string of the molecule is Cc1ccccc1OC[C@@H](C)NC(=O)CN(c1c(C)cccc1C)S(C)(=O)=O. The molecule has 2 rings (SSSR count). The van der Waals surface area contributed by atoms with Crippen molar-refractivity contribution in [1.82, 2.24) is 5.32 Å². The van der Waals surface area contributed by atoms with Gasteiger partial charge in [0.25, 0.3) is 0 Å². The highest BCUT2D eigenvalue weighted by atomic mass is 32.2. The van der Waals surface area contributed by atoms with E-state index < -0.39 is 10.0 Å². The second-order valence-corrected chi connectivity index (χ2v) is 8.96. The van der Waals surface area contributed by atoms with Crippen LogP contribution >= 0.6 is 0 Å². The number of sulfonamides is 1. The number of hydrogen-bond acceptors (Lipinski definition) is 4. The van der Waals surface area contributed by atoms with Crippen LogP contribution in [-0.2, 0) is 14.8 Å². The van der Waals surface area contributed by atoms with Gasteiger partial charge in [-0.25, -0.2) is 8.42 Å². The van der Waals surface area contributed by atoms with E-state index in [2.05, 4.69) is 5.32 Å². The summed E-state index contributed by atoms with van der Waals surface area (Å²) in [6, 6.07) is 12.9. The second-order valence-electron chi connectivity index (χ2n) is 7.06. The third-order valence-electron chi connectivity index (χ3n) is 4.37. The van der Waals surface area contributed by atoms with E-state index in [0.717, 1.165) is 33.0 Å². The van der Waals surface area contributed by atoms with Gasteiger partial charge < -0.3 is 10.1 Å². The number of carbonyl (C=O) groups excluding carboxylic acids is 1. The largest absolute Gasteiger partial charge is 0.491 e. The molecule has 0 unspecified atom stereocenters. The fraction of sp³-hybridized carbons (Fsp3) is 0.381. The van der Waals surface area contributed by atoms with E-state index in [9.17, 15) is 13.2 Å². The fourth-order valence-electron chi connectivity index (χ4n) is 2.99. The molecule has 0 saturated heterocycles. The summed E-state index contributed by atoms with van der Waals surface area (Å²) in [5.41, 5.74) is 3.16. The van der Waals surface area contributed by atoms with Crippen LogP contribution in [0.5, 0.6) is 5.75 Å². The zero-order valence-electron chi connectivity index (χ0n) is 17.0. The molecule has 2 aromatic rings. The van der Waals surface area contributed by atoms with Gasteiger partial charge in [-0.05, 0) is 50.5 Å². The van der Waals surface area contributed by atoms with Gasteiger partial charge in [0.15, 0.2) is 0 Å². The first-order valence-corrected chi connectivity index (χ1v) is 11.0. The first-order valence-electron chi connectivity index (χ1n) is 9.11. The zero-order valence-corrected chi connectivity index (χ0v) is 17.8. The number of anilines is 1. The molecule has 0 heterocycles. The van der Waals surface area contributed by atoms with Crippen LogP contribution in [-0.4, -0.2) is 39.8 Å². The predicted molar refractivity (Wildman–Crippen MR) is 112 cm³/mol. The first-order chi connectivity index (χ1) is 13.1. The molecule has 1 amide bonds. The molecular weight excluding hydrogens is 376 g/mol. The molecule has 0 aliphatic heterocycles. The molecule has 0 aromatic heterocycles. The van der Waals surface area contributed by atoms with E-state index >= 15 is 0 Å². The molecular formula is C21H28N2O4S. The lowest BCUT2D eigenvalue weighted by Gasteiger charge is -2.26. The fourth-order valence-corrected chi connectivity index (χ4v) is 3.96. The van der Waals surface area contributed by atoms with Crippen LogP contribution in [0.25, 0.3) is 0 Å². The van der Waals surface area contributed by atoms with Crippen molar-refractivity contribution in [2.45, 2.75) is 33.7 Å². The molecule has 0 fully saturated rings. The number of benzene rings is 2. The summed E-state index contributed by atoms with van der Waals surface area (Å²) >= 11 is 0. The molecule has 0 aliphatic rings.